The van der Waals surface area contributed by atoms with Crippen LogP contribution in [0.1, 0.15) is 150 Å². The van der Waals surface area contributed by atoms with Crippen LogP contribution in [0.15, 0.2) is 4.99 Å². The minimum atomic E-state index is -0.864. The lowest BCUT2D eigenvalue weighted by Gasteiger charge is -2.19. The number of ether oxygens (including phenoxy) is 1. The van der Waals surface area contributed by atoms with Gasteiger partial charge in [0.2, 0.25) is 5.91 Å². The van der Waals surface area contributed by atoms with Crippen LogP contribution in [0.5, 0.6) is 0 Å². The van der Waals surface area contributed by atoms with Gasteiger partial charge in [0.15, 0.2) is 11.4 Å². The number of aliphatic imine (C=N–C) groups is 1. The van der Waals surface area contributed by atoms with E-state index in [1.807, 2.05) is 6.92 Å². The molecule has 0 radical (unpaired) electrons. The number of nitrogens with one attached hydrogen (secondary N) is 1. The molecule has 1 aromatic rings. The van der Waals surface area contributed by atoms with Gasteiger partial charge in [0.1, 0.15) is 12.0 Å². The summed E-state index contributed by atoms with van der Waals surface area (Å²) < 4.78 is 18.5. The number of aryl methyl sites for hydroxylation is 1. The Morgan fingerprint density at radius 2 is 1.61 bits per heavy atom. The van der Waals surface area contributed by atoms with Gasteiger partial charge in [0.05, 0.1) is 18.4 Å². The number of unbranched alkanes of at least 4 members (excludes halogenated alkanes) is 10. The van der Waals surface area contributed by atoms with Gasteiger partial charge in [-0.25, -0.2) is 4.98 Å². The molecule has 1 aliphatic rings. The Morgan fingerprint density at radius 1 is 1.04 bits per heavy atom. The number of terminal acetylenes is 1. The number of nitrogens with zero attached hydrogens (tertiary/aromatic N) is 3. The number of rotatable bonds is 16. The molecule has 2 rings (SSSR count). The molecule has 2 atom stereocenters. The third kappa shape index (κ3) is 25.5. The van der Waals surface area contributed by atoms with Crippen molar-refractivity contribution < 1.29 is 28.9 Å². The Hall–Kier alpha value is -2.74. The van der Waals surface area contributed by atoms with Gasteiger partial charge in [-0.1, -0.05) is 97.8 Å². The minimum absolute atomic E-state index is 0.0617. The van der Waals surface area contributed by atoms with Gasteiger partial charge < -0.3 is 25.1 Å². The molecular weight excluding hydrogens is 587 g/mol. The maximum Gasteiger partial charge on any atom is 0.310 e. The molecule has 0 aromatic carbocycles. The summed E-state index contributed by atoms with van der Waals surface area (Å²) in [5, 5.41) is 18.5. The molecule has 266 valence electrons. The monoisotopic (exact) mass is 652 g/mol. The number of carbonyl (C=O) groups is 2. The maximum absolute atomic E-state index is 13.2. The van der Waals surface area contributed by atoms with Crippen LogP contribution in [0.2, 0.25) is 0 Å². The Morgan fingerprint density at radius 3 is 2.04 bits per heavy atom. The third-order valence-corrected chi connectivity index (χ3v) is 6.88. The second-order valence-corrected chi connectivity index (χ2v) is 11.0. The van der Waals surface area contributed by atoms with Crippen molar-refractivity contribution in [2.75, 3.05) is 19.0 Å². The zero-order valence-electron chi connectivity index (χ0n) is 30.2. The average molecular weight is 653 g/mol. The number of aromatic nitrogens is 2. The molecule has 1 aliphatic heterocycles. The molecule has 46 heavy (non-hydrogen) atoms. The van der Waals surface area contributed by atoms with Crippen LogP contribution in [0.4, 0.5) is 15.9 Å². The number of carbonyl (C=O) groups excluding carboxylic acids is 2. The lowest BCUT2D eigenvalue weighted by molar-refractivity contribution is -0.116. The Labute approximate surface area is 279 Å². The summed E-state index contributed by atoms with van der Waals surface area (Å²) in [6, 6.07) is 0. The van der Waals surface area contributed by atoms with E-state index in [1.165, 1.54) is 51.4 Å². The second-order valence-electron chi connectivity index (χ2n) is 11.0. The van der Waals surface area contributed by atoms with Crippen molar-refractivity contribution in [2.45, 2.75) is 163 Å². The van der Waals surface area contributed by atoms with Crippen molar-refractivity contribution in [1.29, 1.82) is 0 Å². The summed E-state index contributed by atoms with van der Waals surface area (Å²) in [7, 11) is 1.00. The maximum atomic E-state index is 13.2. The molecule has 0 spiro atoms. The number of hydrogen-bond donors (Lipinski definition) is 3. The predicted molar refractivity (Wildman–Crippen MR) is 189 cm³/mol. The lowest BCUT2D eigenvalue weighted by Crippen LogP contribution is -2.31. The van der Waals surface area contributed by atoms with Crippen molar-refractivity contribution >= 4 is 29.9 Å². The number of halogens is 1. The van der Waals surface area contributed by atoms with Crippen LogP contribution < -0.4 is 5.32 Å². The van der Waals surface area contributed by atoms with Gasteiger partial charge in [0, 0.05) is 26.2 Å². The summed E-state index contributed by atoms with van der Waals surface area (Å²) in [5.41, 5.74) is 0.126. The van der Waals surface area contributed by atoms with E-state index >= 15 is 0 Å². The molecule has 0 saturated carbocycles. The quantitative estimate of drug-likeness (QED) is 0.0536. The summed E-state index contributed by atoms with van der Waals surface area (Å²) in [5.74, 6) is 2.43. The van der Waals surface area contributed by atoms with Gasteiger partial charge in [-0.15, -0.1) is 6.42 Å². The second kappa shape index (κ2) is 33.6. The van der Waals surface area contributed by atoms with Crippen molar-refractivity contribution in [3.63, 3.8) is 0 Å². The zero-order chi connectivity index (χ0) is 35.6. The third-order valence-electron chi connectivity index (χ3n) is 6.88. The Kier molecular flexibility index (Phi) is 34.8. The Balaban J connectivity index is -0.000000585. The van der Waals surface area contributed by atoms with Crippen LogP contribution in [-0.2, 0) is 14.3 Å². The largest absolute Gasteiger partial charge is 0.400 e. The number of hydrogen-bond acceptors (Lipinski definition) is 8. The molecule has 9 nitrogen and oxygen atoms in total. The summed E-state index contributed by atoms with van der Waals surface area (Å²) in [6.07, 6.45) is 24.5. The fraction of sp³-hybridized carbons (Fsp3) is 0.750. The highest BCUT2D eigenvalue weighted by molar-refractivity contribution is 5.93. The highest BCUT2D eigenvalue weighted by Crippen LogP contribution is 2.29. The zero-order valence-corrected chi connectivity index (χ0v) is 30.2. The van der Waals surface area contributed by atoms with E-state index in [9.17, 15) is 14.0 Å². The molecule has 1 aromatic heterocycles. The fourth-order valence-electron chi connectivity index (χ4n) is 4.03. The van der Waals surface area contributed by atoms with Crippen LogP contribution in [0, 0.1) is 25.3 Å². The molecule has 1 amide bonds. The molecule has 0 aliphatic carbocycles. The molecular formula is C36H65FN4O5. The molecule has 3 N–H and O–H groups in total. The van der Waals surface area contributed by atoms with E-state index in [0.29, 0.717) is 17.8 Å². The average Bonchev–Trinajstić information content (AvgIpc) is 3.45. The molecule has 2 heterocycles. The normalized spacial score (nSPS) is 16.3. The van der Waals surface area contributed by atoms with Crippen LogP contribution in [-0.4, -0.2) is 64.0 Å². The summed E-state index contributed by atoms with van der Waals surface area (Å²) >= 11 is 0. The summed E-state index contributed by atoms with van der Waals surface area (Å²) in [6.45, 7) is 13.9. The van der Waals surface area contributed by atoms with Gasteiger partial charge in [0.25, 0.3) is 0 Å². The number of aldehydes is 1. The van der Waals surface area contributed by atoms with E-state index in [1.54, 1.807) is 20.1 Å². The van der Waals surface area contributed by atoms with Gasteiger partial charge >= 0.3 is 6.08 Å². The summed E-state index contributed by atoms with van der Waals surface area (Å²) in [4.78, 5) is 32.9. The number of anilines is 1. The number of aliphatic hydroxyl groups excluding tert-OH is 2. The van der Waals surface area contributed by atoms with Crippen molar-refractivity contribution in [2.24, 2.45) is 4.99 Å². The molecule has 0 bridgehead atoms. The molecule has 10 heteroatoms. The first-order chi connectivity index (χ1) is 22.1. The highest BCUT2D eigenvalue weighted by Gasteiger charge is 2.35. The molecule has 0 unspecified atom stereocenters. The van der Waals surface area contributed by atoms with E-state index in [-0.39, 0.29) is 24.4 Å². The fourth-order valence-corrected chi connectivity index (χ4v) is 4.03. The van der Waals surface area contributed by atoms with Crippen LogP contribution in [0.25, 0.3) is 0 Å². The van der Waals surface area contributed by atoms with E-state index < -0.39 is 11.7 Å². The SMILES string of the molecule is C#C[C@@]1(CO)CC[C@H](C)O1.CC=Nc1c(C)nc(F)nc1NC(=O)CCCCC.CCCC.CCCCCCCCCC=O.CO. The van der Waals surface area contributed by atoms with Crippen molar-refractivity contribution in [3.05, 3.63) is 11.8 Å². The first-order valence-corrected chi connectivity index (χ1v) is 17.1. The number of amides is 1. The van der Waals surface area contributed by atoms with E-state index in [2.05, 4.69) is 53.9 Å². The van der Waals surface area contributed by atoms with Gasteiger partial charge in [-0.2, -0.15) is 9.37 Å². The van der Waals surface area contributed by atoms with E-state index in [4.69, 9.17) is 21.4 Å². The Bertz CT molecular complexity index is 953. The van der Waals surface area contributed by atoms with Gasteiger partial charge in [-0.3, -0.25) is 9.79 Å². The lowest BCUT2D eigenvalue weighted by atomic mass is 10.0. The standard InChI is InChI=1S/C13H19FN4O.C10H20O.C8H12O2.C4H10.CH4O/c1-4-6-7-8-10(19)17-12-11(15-5-2)9(3)16-13(14)18-12;1-2-3-4-5-6-7-8-9-10-11;1-3-8(6-9)5-4-7(2)10-8;1-3-4-2;1-2/h5H,4,6-8H2,1-3H3,(H,16,17,18,19);10H,2-9H2,1H3;1,7,9H,4-6H2,2H3;3-4H2,1-2H3;2H,1H3/t;;7-,8-;;/m..0../s1. The van der Waals surface area contributed by atoms with Crippen molar-refractivity contribution in [1.82, 2.24) is 9.97 Å². The van der Waals surface area contributed by atoms with Crippen LogP contribution >= 0.6 is 0 Å². The first-order valence-electron chi connectivity index (χ1n) is 17.1. The van der Waals surface area contributed by atoms with Gasteiger partial charge in [-0.05, 0) is 46.5 Å². The van der Waals surface area contributed by atoms with E-state index in [0.717, 1.165) is 58.3 Å². The van der Waals surface area contributed by atoms with Crippen molar-refractivity contribution in [3.8, 4) is 12.3 Å². The minimum Gasteiger partial charge on any atom is -0.400 e. The number of aliphatic hydroxyl groups is 2. The smallest absolute Gasteiger partial charge is 0.310 e. The predicted octanol–water partition coefficient (Wildman–Crippen LogP) is 8.46. The topological polar surface area (TPSA) is 134 Å². The molecule has 1 saturated heterocycles. The highest BCUT2D eigenvalue weighted by atomic mass is 19.1. The molecule has 1 fully saturated rings. The van der Waals surface area contributed by atoms with Crippen LogP contribution in [0.3, 0.4) is 0 Å². The first kappa shape index (κ1) is 47.7.